The highest BCUT2D eigenvalue weighted by Gasteiger charge is 2.39. The molecular weight excluding hydrogens is 248 g/mol. The molecule has 2 aliphatic rings. The molecule has 1 spiro atoms. The van der Waals surface area contributed by atoms with Crippen LogP contribution in [0.5, 0.6) is 0 Å². The van der Waals surface area contributed by atoms with Gasteiger partial charge in [-0.15, -0.1) is 0 Å². The van der Waals surface area contributed by atoms with Gasteiger partial charge in [-0.25, -0.2) is 8.78 Å². The summed E-state index contributed by atoms with van der Waals surface area (Å²) in [6.45, 7) is 0.703. The molecule has 0 aromatic heterocycles. The second kappa shape index (κ2) is 5.08. The Hall–Kier alpha value is -1.16. The van der Waals surface area contributed by atoms with E-state index in [4.69, 9.17) is 4.74 Å². The lowest BCUT2D eigenvalue weighted by Gasteiger charge is -2.39. The third-order valence-electron chi connectivity index (χ3n) is 4.30. The zero-order valence-corrected chi connectivity index (χ0v) is 10.9. The monoisotopic (exact) mass is 267 g/mol. The molecule has 1 N–H and O–H groups in total. The first kappa shape index (κ1) is 12.9. The van der Waals surface area contributed by atoms with Gasteiger partial charge in [-0.1, -0.05) is 12.8 Å². The van der Waals surface area contributed by atoms with Gasteiger partial charge in [-0.05, 0) is 43.9 Å². The number of nitrogens with one attached hydrogen (secondary N) is 1. The molecule has 104 valence electrons. The van der Waals surface area contributed by atoms with Gasteiger partial charge in [-0.3, -0.25) is 0 Å². The third-order valence-corrected chi connectivity index (χ3v) is 4.30. The van der Waals surface area contributed by atoms with Crippen LogP contribution >= 0.6 is 0 Å². The standard InChI is InChI=1S/C15H19F2NO/c16-11-3-4-13(17)14(9-11)18-12-5-8-19-15(10-12)6-1-2-7-15/h3-4,9,12,18H,1-2,5-8,10H2. The molecule has 1 aromatic carbocycles. The van der Waals surface area contributed by atoms with Crippen molar-refractivity contribution in [1.82, 2.24) is 0 Å². The number of anilines is 1. The Morgan fingerprint density at radius 2 is 2.00 bits per heavy atom. The third kappa shape index (κ3) is 2.73. The summed E-state index contributed by atoms with van der Waals surface area (Å²) >= 11 is 0. The lowest BCUT2D eigenvalue weighted by molar-refractivity contribution is -0.0767. The normalized spacial score (nSPS) is 25.7. The first-order chi connectivity index (χ1) is 9.17. The molecule has 0 bridgehead atoms. The van der Waals surface area contributed by atoms with Gasteiger partial charge in [0.05, 0.1) is 11.3 Å². The summed E-state index contributed by atoms with van der Waals surface area (Å²) in [6, 6.07) is 3.71. The number of halogens is 2. The van der Waals surface area contributed by atoms with Crippen molar-refractivity contribution in [2.45, 2.75) is 50.2 Å². The van der Waals surface area contributed by atoms with Crippen molar-refractivity contribution in [3.8, 4) is 0 Å². The summed E-state index contributed by atoms with van der Waals surface area (Å²) in [5.74, 6) is -0.806. The average Bonchev–Trinajstić information content (AvgIpc) is 2.82. The van der Waals surface area contributed by atoms with E-state index in [0.717, 1.165) is 31.7 Å². The Kier molecular flexibility index (Phi) is 3.44. The number of rotatable bonds is 2. The molecule has 2 nitrogen and oxygen atoms in total. The predicted molar refractivity (Wildman–Crippen MR) is 70.2 cm³/mol. The largest absolute Gasteiger partial charge is 0.380 e. The van der Waals surface area contributed by atoms with Crippen molar-refractivity contribution < 1.29 is 13.5 Å². The summed E-state index contributed by atoms with van der Waals surface area (Å²) in [7, 11) is 0. The highest BCUT2D eigenvalue weighted by Crippen LogP contribution is 2.40. The number of ether oxygens (including phenoxy) is 1. The Morgan fingerprint density at radius 1 is 1.21 bits per heavy atom. The van der Waals surface area contributed by atoms with Crippen LogP contribution in [0.15, 0.2) is 18.2 Å². The summed E-state index contributed by atoms with van der Waals surface area (Å²) in [5, 5.41) is 3.15. The van der Waals surface area contributed by atoms with Crippen molar-refractivity contribution in [3.63, 3.8) is 0 Å². The van der Waals surface area contributed by atoms with Crippen LogP contribution in [-0.4, -0.2) is 18.2 Å². The second-order valence-corrected chi connectivity index (χ2v) is 5.70. The maximum atomic E-state index is 13.6. The molecule has 3 rings (SSSR count). The number of benzene rings is 1. The summed E-state index contributed by atoms with van der Waals surface area (Å²) < 4.78 is 32.7. The fourth-order valence-electron chi connectivity index (χ4n) is 3.35. The van der Waals surface area contributed by atoms with Gasteiger partial charge >= 0.3 is 0 Å². The van der Waals surface area contributed by atoms with Crippen molar-refractivity contribution in [3.05, 3.63) is 29.8 Å². The smallest absolute Gasteiger partial charge is 0.146 e. The fraction of sp³-hybridized carbons (Fsp3) is 0.600. The zero-order chi connectivity index (χ0) is 13.3. The highest BCUT2D eigenvalue weighted by molar-refractivity contribution is 5.45. The van der Waals surface area contributed by atoms with Gasteiger partial charge in [0.25, 0.3) is 0 Å². The van der Waals surface area contributed by atoms with Crippen LogP contribution in [0.4, 0.5) is 14.5 Å². The molecule has 2 fully saturated rings. The van der Waals surface area contributed by atoms with E-state index < -0.39 is 11.6 Å². The van der Waals surface area contributed by atoms with Gasteiger partial charge in [0, 0.05) is 12.6 Å². The van der Waals surface area contributed by atoms with Crippen LogP contribution in [-0.2, 0) is 4.74 Å². The molecule has 4 heteroatoms. The molecule has 1 saturated heterocycles. The molecule has 0 radical (unpaired) electrons. The second-order valence-electron chi connectivity index (χ2n) is 5.70. The zero-order valence-electron chi connectivity index (χ0n) is 10.9. The van der Waals surface area contributed by atoms with Crippen LogP contribution < -0.4 is 5.32 Å². The van der Waals surface area contributed by atoms with E-state index in [9.17, 15) is 8.78 Å². The van der Waals surface area contributed by atoms with Crippen molar-refractivity contribution in [2.24, 2.45) is 0 Å². The Balaban J connectivity index is 1.70. The maximum Gasteiger partial charge on any atom is 0.146 e. The molecule has 1 aromatic rings. The summed E-state index contributed by atoms with van der Waals surface area (Å²) in [4.78, 5) is 0. The van der Waals surface area contributed by atoms with Crippen molar-refractivity contribution in [1.29, 1.82) is 0 Å². The number of hydrogen-bond donors (Lipinski definition) is 1. The predicted octanol–water partition coefficient (Wildman–Crippen LogP) is 3.87. The number of hydrogen-bond acceptors (Lipinski definition) is 2. The first-order valence-electron chi connectivity index (χ1n) is 7.02. The van der Waals surface area contributed by atoms with Gasteiger partial charge in [0.15, 0.2) is 0 Å². The average molecular weight is 267 g/mol. The minimum Gasteiger partial charge on any atom is -0.380 e. The fourth-order valence-corrected chi connectivity index (χ4v) is 3.35. The van der Waals surface area contributed by atoms with Gasteiger partial charge in [0.1, 0.15) is 11.6 Å². The van der Waals surface area contributed by atoms with E-state index in [-0.39, 0.29) is 17.3 Å². The van der Waals surface area contributed by atoms with E-state index in [2.05, 4.69) is 5.32 Å². The molecule has 1 saturated carbocycles. The highest BCUT2D eigenvalue weighted by atomic mass is 19.1. The minimum atomic E-state index is -0.411. The first-order valence-corrected chi connectivity index (χ1v) is 7.02. The molecule has 1 aliphatic carbocycles. The molecule has 1 atom stereocenters. The van der Waals surface area contributed by atoms with E-state index in [1.165, 1.54) is 25.0 Å². The van der Waals surface area contributed by atoms with Crippen molar-refractivity contribution >= 4 is 5.69 Å². The Bertz CT molecular complexity index is 457. The van der Waals surface area contributed by atoms with Gasteiger partial charge < -0.3 is 10.1 Å². The molecule has 19 heavy (non-hydrogen) atoms. The Morgan fingerprint density at radius 3 is 2.79 bits per heavy atom. The summed E-state index contributed by atoms with van der Waals surface area (Å²) in [5.41, 5.74) is 0.250. The van der Waals surface area contributed by atoms with E-state index in [0.29, 0.717) is 6.61 Å². The molecule has 1 aliphatic heterocycles. The van der Waals surface area contributed by atoms with Crippen LogP contribution in [0.3, 0.4) is 0 Å². The Labute approximate surface area is 112 Å². The maximum absolute atomic E-state index is 13.6. The summed E-state index contributed by atoms with van der Waals surface area (Å²) in [6.07, 6.45) is 6.34. The van der Waals surface area contributed by atoms with Crippen LogP contribution in [0.1, 0.15) is 38.5 Å². The lowest BCUT2D eigenvalue weighted by atomic mass is 9.89. The SMILES string of the molecule is Fc1ccc(F)c(NC2CCOC3(CCCC3)C2)c1. The van der Waals surface area contributed by atoms with Gasteiger partial charge in [-0.2, -0.15) is 0 Å². The van der Waals surface area contributed by atoms with E-state index in [1.54, 1.807) is 0 Å². The van der Waals surface area contributed by atoms with E-state index >= 15 is 0 Å². The topological polar surface area (TPSA) is 21.3 Å². The molecule has 0 amide bonds. The van der Waals surface area contributed by atoms with Crippen LogP contribution in [0, 0.1) is 11.6 Å². The van der Waals surface area contributed by atoms with E-state index in [1.807, 2.05) is 0 Å². The van der Waals surface area contributed by atoms with Crippen LogP contribution in [0.2, 0.25) is 0 Å². The molecule has 1 heterocycles. The minimum absolute atomic E-state index is 0.0142. The lowest BCUT2D eigenvalue weighted by Crippen LogP contribution is -2.42. The van der Waals surface area contributed by atoms with Crippen molar-refractivity contribution in [2.75, 3.05) is 11.9 Å². The van der Waals surface area contributed by atoms with Gasteiger partial charge in [0.2, 0.25) is 0 Å². The molecular formula is C15H19F2NO. The van der Waals surface area contributed by atoms with Crippen LogP contribution in [0.25, 0.3) is 0 Å². The molecule has 1 unspecified atom stereocenters. The quantitative estimate of drug-likeness (QED) is 0.878.